The van der Waals surface area contributed by atoms with Crippen molar-refractivity contribution in [2.24, 2.45) is 0 Å². The van der Waals surface area contributed by atoms with Gasteiger partial charge in [0.15, 0.2) is 0 Å². The zero-order chi connectivity index (χ0) is 13.9. The molecule has 0 aliphatic heterocycles. The number of aliphatic hydroxyl groups is 2. The highest BCUT2D eigenvalue weighted by Crippen LogP contribution is 2.18. The van der Waals surface area contributed by atoms with Crippen LogP contribution in [0.2, 0.25) is 0 Å². The van der Waals surface area contributed by atoms with Crippen molar-refractivity contribution in [3.63, 3.8) is 0 Å². The first-order chi connectivity index (χ1) is 9.27. The molecule has 102 valence electrons. The standard InChI is InChI=1S/C16H20O2S/c1-14(9-12-18)7-8-15-10-13-19-16(15)6-4-2-3-5-11-17/h7-10,13,17-18H,2-3,5,11-12H2,1H3/b8-7+,14-9+. The number of hydrogen-bond donors (Lipinski definition) is 2. The van der Waals surface area contributed by atoms with Gasteiger partial charge in [-0.15, -0.1) is 11.3 Å². The van der Waals surface area contributed by atoms with E-state index < -0.39 is 0 Å². The molecular weight excluding hydrogens is 256 g/mol. The number of allylic oxidation sites excluding steroid dienone is 2. The van der Waals surface area contributed by atoms with Crippen molar-refractivity contribution in [1.82, 2.24) is 0 Å². The molecule has 1 aromatic heterocycles. The predicted octanol–water partition coefficient (Wildman–Crippen LogP) is 3.21. The van der Waals surface area contributed by atoms with Crippen LogP contribution in [0.5, 0.6) is 0 Å². The molecule has 2 N–H and O–H groups in total. The lowest BCUT2D eigenvalue weighted by Gasteiger charge is -1.92. The molecule has 0 saturated heterocycles. The van der Waals surface area contributed by atoms with E-state index in [9.17, 15) is 0 Å². The highest BCUT2D eigenvalue weighted by atomic mass is 32.1. The minimum absolute atomic E-state index is 0.0668. The molecule has 0 spiro atoms. The molecular formula is C16H20O2S. The Kier molecular flexibility index (Phi) is 7.92. The molecule has 0 bridgehead atoms. The molecule has 0 unspecified atom stereocenters. The third kappa shape index (κ3) is 6.40. The van der Waals surface area contributed by atoms with Crippen molar-refractivity contribution in [2.75, 3.05) is 13.2 Å². The predicted molar refractivity (Wildman–Crippen MR) is 82.0 cm³/mol. The number of rotatable bonds is 6. The van der Waals surface area contributed by atoms with E-state index in [1.807, 2.05) is 30.5 Å². The van der Waals surface area contributed by atoms with E-state index in [0.717, 1.165) is 35.3 Å². The lowest BCUT2D eigenvalue weighted by atomic mass is 10.2. The number of unbranched alkanes of at least 4 members (excludes halogenated alkanes) is 2. The molecule has 0 aliphatic carbocycles. The fourth-order valence-corrected chi connectivity index (χ4v) is 2.21. The van der Waals surface area contributed by atoms with Crippen LogP contribution in [0.4, 0.5) is 0 Å². The van der Waals surface area contributed by atoms with E-state index in [0.29, 0.717) is 0 Å². The molecule has 0 atom stereocenters. The summed E-state index contributed by atoms with van der Waals surface area (Å²) in [6.07, 6.45) is 8.36. The van der Waals surface area contributed by atoms with Gasteiger partial charge in [0.25, 0.3) is 0 Å². The molecule has 0 radical (unpaired) electrons. The Morgan fingerprint density at radius 3 is 2.95 bits per heavy atom. The van der Waals surface area contributed by atoms with E-state index in [1.54, 1.807) is 17.4 Å². The molecule has 2 nitrogen and oxygen atoms in total. The van der Waals surface area contributed by atoms with Gasteiger partial charge in [0.2, 0.25) is 0 Å². The summed E-state index contributed by atoms with van der Waals surface area (Å²) in [7, 11) is 0. The van der Waals surface area contributed by atoms with Crippen LogP contribution in [0.1, 0.15) is 36.6 Å². The fraction of sp³-hybridized carbons (Fsp3) is 0.375. The summed E-state index contributed by atoms with van der Waals surface area (Å²) >= 11 is 1.64. The molecule has 0 amide bonds. The Bertz CT molecular complexity index is 486. The molecule has 1 rings (SSSR count). The second-order valence-corrected chi connectivity index (χ2v) is 5.07. The maximum absolute atomic E-state index is 8.79. The van der Waals surface area contributed by atoms with Crippen molar-refractivity contribution in [2.45, 2.75) is 26.2 Å². The molecule has 1 aromatic rings. The maximum atomic E-state index is 8.79. The molecule has 0 fully saturated rings. The monoisotopic (exact) mass is 276 g/mol. The number of thiophene rings is 1. The van der Waals surface area contributed by atoms with E-state index in [1.165, 1.54) is 0 Å². The van der Waals surface area contributed by atoms with Gasteiger partial charge in [-0.2, -0.15) is 0 Å². The summed E-state index contributed by atoms with van der Waals surface area (Å²) in [5, 5.41) is 19.5. The summed E-state index contributed by atoms with van der Waals surface area (Å²) in [5.74, 6) is 6.31. The van der Waals surface area contributed by atoms with Crippen LogP contribution in [0.25, 0.3) is 6.08 Å². The third-order valence-corrected chi connectivity index (χ3v) is 3.39. The topological polar surface area (TPSA) is 40.5 Å². The zero-order valence-corrected chi connectivity index (χ0v) is 12.0. The van der Waals surface area contributed by atoms with Gasteiger partial charge in [0, 0.05) is 18.6 Å². The van der Waals surface area contributed by atoms with Gasteiger partial charge in [-0.25, -0.2) is 0 Å². The fourth-order valence-electron chi connectivity index (χ4n) is 1.45. The van der Waals surface area contributed by atoms with Crippen molar-refractivity contribution in [3.05, 3.63) is 39.6 Å². The van der Waals surface area contributed by atoms with Gasteiger partial charge in [-0.3, -0.25) is 0 Å². The highest BCUT2D eigenvalue weighted by molar-refractivity contribution is 7.10. The van der Waals surface area contributed by atoms with Crippen LogP contribution in [0.15, 0.2) is 29.2 Å². The molecule has 19 heavy (non-hydrogen) atoms. The molecule has 0 aliphatic rings. The average molecular weight is 276 g/mol. The summed E-state index contributed by atoms with van der Waals surface area (Å²) in [4.78, 5) is 1.07. The Labute approximate surface area is 119 Å². The van der Waals surface area contributed by atoms with Crippen LogP contribution >= 0.6 is 11.3 Å². The minimum atomic E-state index is 0.0668. The Morgan fingerprint density at radius 1 is 1.37 bits per heavy atom. The first-order valence-corrected chi connectivity index (χ1v) is 7.29. The van der Waals surface area contributed by atoms with Crippen LogP contribution in [-0.2, 0) is 0 Å². The van der Waals surface area contributed by atoms with Gasteiger partial charge in [-0.05, 0) is 31.2 Å². The lowest BCUT2D eigenvalue weighted by Crippen LogP contribution is -1.80. The lowest BCUT2D eigenvalue weighted by molar-refractivity contribution is 0.285. The average Bonchev–Trinajstić information content (AvgIpc) is 2.84. The molecule has 0 saturated carbocycles. The van der Waals surface area contributed by atoms with E-state index >= 15 is 0 Å². The van der Waals surface area contributed by atoms with Crippen LogP contribution < -0.4 is 0 Å². The van der Waals surface area contributed by atoms with Crippen LogP contribution in [0.3, 0.4) is 0 Å². The largest absolute Gasteiger partial charge is 0.396 e. The van der Waals surface area contributed by atoms with E-state index in [2.05, 4.69) is 11.8 Å². The summed E-state index contributed by atoms with van der Waals surface area (Å²) in [6.45, 7) is 2.27. The van der Waals surface area contributed by atoms with Crippen LogP contribution in [0, 0.1) is 11.8 Å². The zero-order valence-electron chi connectivity index (χ0n) is 11.2. The maximum Gasteiger partial charge on any atom is 0.0840 e. The quantitative estimate of drug-likeness (QED) is 0.476. The van der Waals surface area contributed by atoms with Crippen molar-refractivity contribution < 1.29 is 10.2 Å². The number of aliphatic hydroxyl groups excluding tert-OH is 2. The summed E-state index contributed by atoms with van der Waals surface area (Å²) in [5.41, 5.74) is 2.15. The first-order valence-electron chi connectivity index (χ1n) is 6.41. The smallest absolute Gasteiger partial charge is 0.0840 e. The SMILES string of the molecule is CC(/C=C/c1ccsc1C#CCCCCO)=C\CO. The van der Waals surface area contributed by atoms with Crippen molar-refractivity contribution >= 4 is 17.4 Å². The van der Waals surface area contributed by atoms with Gasteiger partial charge in [0.1, 0.15) is 0 Å². The van der Waals surface area contributed by atoms with Crippen LogP contribution in [-0.4, -0.2) is 23.4 Å². The Hall–Kier alpha value is -1.34. The molecule has 0 aromatic carbocycles. The summed E-state index contributed by atoms with van der Waals surface area (Å²) in [6, 6.07) is 2.05. The van der Waals surface area contributed by atoms with Crippen molar-refractivity contribution in [1.29, 1.82) is 0 Å². The number of hydrogen-bond acceptors (Lipinski definition) is 3. The van der Waals surface area contributed by atoms with Gasteiger partial charge < -0.3 is 10.2 Å². The Balaban J connectivity index is 2.62. The van der Waals surface area contributed by atoms with Gasteiger partial charge in [0.05, 0.1) is 11.5 Å². The first kappa shape index (κ1) is 15.7. The molecule has 1 heterocycles. The third-order valence-electron chi connectivity index (χ3n) is 2.55. The van der Waals surface area contributed by atoms with Gasteiger partial charge >= 0.3 is 0 Å². The van der Waals surface area contributed by atoms with E-state index in [4.69, 9.17) is 10.2 Å². The Morgan fingerprint density at radius 2 is 2.21 bits per heavy atom. The normalized spacial score (nSPS) is 11.6. The summed E-state index contributed by atoms with van der Waals surface area (Å²) < 4.78 is 0. The molecule has 3 heteroatoms. The van der Waals surface area contributed by atoms with Crippen molar-refractivity contribution in [3.8, 4) is 11.8 Å². The van der Waals surface area contributed by atoms with Gasteiger partial charge in [-0.1, -0.05) is 35.6 Å². The minimum Gasteiger partial charge on any atom is -0.396 e. The van der Waals surface area contributed by atoms with E-state index in [-0.39, 0.29) is 13.2 Å². The highest BCUT2D eigenvalue weighted by Gasteiger charge is 1.97. The second-order valence-electron chi connectivity index (χ2n) is 4.15. The second kappa shape index (κ2) is 9.57.